The number of benzene rings is 1. The van der Waals surface area contributed by atoms with Gasteiger partial charge in [0.25, 0.3) is 0 Å². The van der Waals surface area contributed by atoms with Crippen LogP contribution in [-0.4, -0.2) is 5.84 Å². The second kappa shape index (κ2) is 3.11. The van der Waals surface area contributed by atoms with Crippen molar-refractivity contribution < 1.29 is 0 Å². The van der Waals surface area contributed by atoms with Crippen LogP contribution in [0.2, 0.25) is 10.0 Å². The first-order valence-electron chi connectivity index (χ1n) is 2.90. The third-order valence-electron chi connectivity index (χ3n) is 1.23. The molecule has 0 spiro atoms. The van der Waals surface area contributed by atoms with Crippen LogP contribution >= 0.6 is 23.2 Å². The summed E-state index contributed by atoms with van der Waals surface area (Å²) in [6.45, 7) is 0. The monoisotopic (exact) mass is 188 g/mol. The third kappa shape index (κ3) is 1.85. The van der Waals surface area contributed by atoms with E-state index >= 15 is 0 Å². The Balaban J connectivity index is 3.15. The van der Waals surface area contributed by atoms with Crippen LogP contribution in [0.1, 0.15) is 5.56 Å². The number of hydrogen-bond donors (Lipinski definition) is 2. The van der Waals surface area contributed by atoms with Gasteiger partial charge < -0.3 is 5.73 Å². The van der Waals surface area contributed by atoms with Crippen molar-refractivity contribution in [3.63, 3.8) is 0 Å². The molecule has 1 aromatic rings. The number of rotatable bonds is 1. The van der Waals surface area contributed by atoms with E-state index in [4.69, 9.17) is 34.3 Å². The zero-order chi connectivity index (χ0) is 8.43. The molecule has 0 saturated carbocycles. The maximum atomic E-state index is 7.08. The second-order valence-electron chi connectivity index (χ2n) is 2.04. The van der Waals surface area contributed by atoms with E-state index in [1.54, 1.807) is 18.2 Å². The van der Waals surface area contributed by atoms with Crippen molar-refractivity contribution in [3.8, 4) is 0 Å². The summed E-state index contributed by atoms with van der Waals surface area (Å²) in [5, 5.41) is 7.96. The van der Waals surface area contributed by atoms with Crippen molar-refractivity contribution in [3.05, 3.63) is 33.8 Å². The Morgan fingerprint density at radius 2 is 1.91 bits per heavy atom. The molecule has 0 radical (unpaired) electrons. The summed E-state index contributed by atoms with van der Waals surface area (Å²) in [6, 6.07) is 4.82. The van der Waals surface area contributed by atoms with Crippen LogP contribution in [0.3, 0.4) is 0 Å². The van der Waals surface area contributed by atoms with Crippen LogP contribution in [0.15, 0.2) is 18.2 Å². The van der Waals surface area contributed by atoms with Crippen molar-refractivity contribution in [2.75, 3.05) is 0 Å². The van der Waals surface area contributed by atoms with Gasteiger partial charge in [-0.3, -0.25) is 5.41 Å². The minimum atomic E-state index is -0.0106. The Hall–Kier alpha value is -0.730. The second-order valence-corrected chi connectivity index (χ2v) is 2.86. The fraction of sp³-hybridized carbons (Fsp3) is 0. The van der Waals surface area contributed by atoms with E-state index in [1.165, 1.54) is 0 Å². The van der Waals surface area contributed by atoms with Crippen LogP contribution in [0.4, 0.5) is 0 Å². The molecule has 2 nitrogen and oxygen atoms in total. The zero-order valence-electron chi connectivity index (χ0n) is 5.57. The molecule has 0 saturated heterocycles. The fourth-order valence-electron chi connectivity index (χ4n) is 0.664. The van der Waals surface area contributed by atoms with Crippen molar-refractivity contribution in [2.24, 2.45) is 5.73 Å². The van der Waals surface area contributed by atoms with E-state index < -0.39 is 0 Å². The minimum Gasteiger partial charge on any atom is -0.384 e. The number of nitrogens with two attached hydrogens (primary N) is 1. The highest BCUT2D eigenvalue weighted by atomic mass is 35.5. The molecule has 58 valence electrons. The zero-order valence-corrected chi connectivity index (χ0v) is 7.08. The lowest BCUT2D eigenvalue weighted by molar-refractivity contribution is 1.42. The van der Waals surface area contributed by atoms with Crippen molar-refractivity contribution in [2.45, 2.75) is 0 Å². The molecule has 1 aromatic carbocycles. The van der Waals surface area contributed by atoms with Gasteiger partial charge in [0.2, 0.25) is 0 Å². The van der Waals surface area contributed by atoms with Gasteiger partial charge in [-0.15, -0.1) is 0 Å². The number of halogens is 2. The number of nitrogens with one attached hydrogen (secondary N) is 1. The molecule has 0 aliphatic carbocycles. The van der Waals surface area contributed by atoms with Crippen LogP contribution in [0.5, 0.6) is 0 Å². The molecule has 3 N–H and O–H groups in total. The summed E-state index contributed by atoms with van der Waals surface area (Å²) in [4.78, 5) is 0. The molecular weight excluding hydrogens is 183 g/mol. The van der Waals surface area contributed by atoms with E-state index in [0.29, 0.717) is 15.6 Å². The third-order valence-corrected chi connectivity index (χ3v) is 1.97. The Kier molecular flexibility index (Phi) is 2.37. The van der Waals surface area contributed by atoms with E-state index in [-0.39, 0.29) is 5.84 Å². The summed E-state index contributed by atoms with van der Waals surface area (Å²) in [5.41, 5.74) is 5.80. The molecule has 0 bridgehead atoms. The Labute approximate surface area is 74.4 Å². The van der Waals surface area contributed by atoms with Gasteiger partial charge in [-0.25, -0.2) is 0 Å². The Morgan fingerprint density at radius 1 is 1.27 bits per heavy atom. The van der Waals surface area contributed by atoms with Crippen LogP contribution in [0.25, 0.3) is 0 Å². The summed E-state index contributed by atoms with van der Waals surface area (Å²) < 4.78 is 0. The van der Waals surface area contributed by atoms with Gasteiger partial charge in [-0.2, -0.15) is 0 Å². The molecule has 0 aliphatic rings. The maximum absolute atomic E-state index is 7.08. The largest absolute Gasteiger partial charge is 0.384 e. The van der Waals surface area contributed by atoms with Crippen molar-refractivity contribution in [1.29, 1.82) is 5.41 Å². The molecule has 11 heavy (non-hydrogen) atoms. The summed E-state index contributed by atoms with van der Waals surface area (Å²) in [5.74, 6) is -0.0106. The topological polar surface area (TPSA) is 49.9 Å². The van der Waals surface area contributed by atoms with E-state index in [0.717, 1.165) is 0 Å². The normalized spacial score (nSPS) is 9.64. The molecule has 4 heteroatoms. The van der Waals surface area contributed by atoms with Gasteiger partial charge in [0, 0.05) is 5.56 Å². The molecule has 0 amide bonds. The molecule has 0 heterocycles. The molecule has 1 rings (SSSR count). The quantitative estimate of drug-likeness (QED) is 0.516. The van der Waals surface area contributed by atoms with E-state index in [2.05, 4.69) is 0 Å². The highest BCUT2D eigenvalue weighted by molar-refractivity contribution is 6.42. The maximum Gasteiger partial charge on any atom is 0.122 e. The average molecular weight is 189 g/mol. The van der Waals surface area contributed by atoms with Crippen LogP contribution < -0.4 is 5.73 Å². The lowest BCUT2D eigenvalue weighted by atomic mass is 10.2. The van der Waals surface area contributed by atoms with Gasteiger partial charge in [0.15, 0.2) is 0 Å². The van der Waals surface area contributed by atoms with Gasteiger partial charge in [0.05, 0.1) is 10.0 Å². The molecule has 0 aromatic heterocycles. The first-order chi connectivity index (χ1) is 5.11. The smallest absolute Gasteiger partial charge is 0.122 e. The van der Waals surface area contributed by atoms with Gasteiger partial charge in [-0.05, 0) is 18.2 Å². The molecule has 0 unspecified atom stereocenters. The predicted octanol–water partition coefficient (Wildman–Crippen LogP) is 2.28. The fourth-order valence-corrected chi connectivity index (χ4v) is 0.962. The molecular formula is C7H6Cl2N2. The number of nitrogen functional groups attached to an aromatic ring is 1. The standard InChI is InChI=1S/C7H6Cl2N2/c8-5-2-1-4(7(10)11)3-6(5)9/h1-3H,(H3,10,11). The molecule has 0 fully saturated rings. The molecule has 0 atom stereocenters. The van der Waals surface area contributed by atoms with Crippen LogP contribution in [-0.2, 0) is 0 Å². The molecule has 0 aliphatic heterocycles. The van der Waals surface area contributed by atoms with E-state index in [1.807, 2.05) is 0 Å². The first-order valence-corrected chi connectivity index (χ1v) is 3.66. The summed E-state index contributed by atoms with van der Waals surface area (Å²) in [6.07, 6.45) is 0. The number of hydrogen-bond acceptors (Lipinski definition) is 1. The average Bonchev–Trinajstić information content (AvgIpc) is 1.94. The lowest BCUT2D eigenvalue weighted by Crippen LogP contribution is -2.10. The first kappa shape index (κ1) is 8.37. The lowest BCUT2D eigenvalue weighted by Gasteiger charge is -1.99. The van der Waals surface area contributed by atoms with Crippen molar-refractivity contribution >= 4 is 29.0 Å². The van der Waals surface area contributed by atoms with Gasteiger partial charge in [-0.1, -0.05) is 23.2 Å². The summed E-state index contributed by atoms with van der Waals surface area (Å²) in [7, 11) is 0. The van der Waals surface area contributed by atoms with Gasteiger partial charge >= 0.3 is 0 Å². The highest BCUT2D eigenvalue weighted by Crippen LogP contribution is 2.22. The van der Waals surface area contributed by atoms with Crippen LogP contribution in [0, 0.1) is 5.41 Å². The number of amidine groups is 1. The van der Waals surface area contributed by atoms with Gasteiger partial charge in [0.1, 0.15) is 5.84 Å². The predicted molar refractivity (Wildman–Crippen MR) is 47.5 cm³/mol. The Morgan fingerprint density at radius 3 is 2.36 bits per heavy atom. The van der Waals surface area contributed by atoms with E-state index in [9.17, 15) is 0 Å². The summed E-state index contributed by atoms with van der Waals surface area (Å²) >= 11 is 11.3. The van der Waals surface area contributed by atoms with Crippen molar-refractivity contribution in [1.82, 2.24) is 0 Å². The highest BCUT2D eigenvalue weighted by Gasteiger charge is 2.00. The minimum absolute atomic E-state index is 0.0106. The Bertz CT molecular complexity index is 296. The SMILES string of the molecule is N=C(N)c1ccc(Cl)c(Cl)c1.